The van der Waals surface area contributed by atoms with Crippen LogP contribution < -0.4 is 15.4 Å². The average Bonchev–Trinajstić information content (AvgIpc) is 2.58. The van der Waals surface area contributed by atoms with Gasteiger partial charge in [0.2, 0.25) is 5.91 Å². The number of nitrogens with one attached hydrogen (secondary N) is 1. The van der Waals surface area contributed by atoms with Crippen molar-refractivity contribution in [2.75, 3.05) is 4.31 Å². The van der Waals surface area contributed by atoms with E-state index < -0.39 is 5.91 Å². The van der Waals surface area contributed by atoms with Crippen molar-refractivity contribution in [3.05, 3.63) is 65.2 Å². The lowest BCUT2D eigenvalue weighted by atomic mass is 9.87. The molecule has 6 heteroatoms. The van der Waals surface area contributed by atoms with Gasteiger partial charge in [0.1, 0.15) is 0 Å². The van der Waals surface area contributed by atoms with Crippen LogP contribution in [0.5, 0.6) is 0 Å². The highest BCUT2D eigenvalue weighted by molar-refractivity contribution is 7.82. The molecule has 0 aromatic heterocycles. The van der Waals surface area contributed by atoms with E-state index in [0.717, 1.165) is 5.56 Å². The normalized spacial score (nSPS) is 11.0. The average molecular weight is 357 g/mol. The Labute approximate surface area is 153 Å². The summed E-state index contributed by atoms with van der Waals surface area (Å²) in [5.41, 5.74) is 8.48. The summed E-state index contributed by atoms with van der Waals surface area (Å²) in [6.07, 6.45) is 0. The number of primary amides is 1. The van der Waals surface area contributed by atoms with Gasteiger partial charge in [0, 0.05) is 12.1 Å². The van der Waals surface area contributed by atoms with Gasteiger partial charge in [-0.15, -0.1) is 0 Å². The minimum Gasteiger partial charge on any atom is -0.366 e. The minimum absolute atomic E-state index is 0.0980. The monoisotopic (exact) mass is 357 g/mol. The number of hydrogen-bond donors (Lipinski definition) is 3. The molecule has 3 amide bonds. The van der Waals surface area contributed by atoms with Crippen LogP contribution in [-0.2, 0) is 12.0 Å². The molecule has 3 N–H and O–H groups in total. The van der Waals surface area contributed by atoms with Crippen LogP contribution in [0.4, 0.5) is 10.5 Å². The largest absolute Gasteiger partial charge is 0.366 e. The fourth-order valence-corrected chi connectivity index (χ4v) is 2.46. The van der Waals surface area contributed by atoms with Crippen LogP contribution >= 0.6 is 12.8 Å². The topological polar surface area (TPSA) is 75.4 Å². The van der Waals surface area contributed by atoms with Gasteiger partial charge in [0.25, 0.3) is 0 Å². The summed E-state index contributed by atoms with van der Waals surface area (Å²) in [5, 5.41) is 2.81. The van der Waals surface area contributed by atoms with E-state index in [4.69, 9.17) is 5.73 Å². The molecule has 0 unspecified atom stereocenters. The van der Waals surface area contributed by atoms with Gasteiger partial charge in [0.05, 0.1) is 5.69 Å². The predicted molar refractivity (Wildman–Crippen MR) is 104 cm³/mol. The van der Waals surface area contributed by atoms with Crippen molar-refractivity contribution in [2.45, 2.75) is 32.7 Å². The van der Waals surface area contributed by atoms with E-state index in [2.05, 4.69) is 51.0 Å². The highest BCUT2D eigenvalue weighted by Gasteiger charge is 2.14. The zero-order valence-electron chi connectivity index (χ0n) is 14.6. The third-order valence-electron chi connectivity index (χ3n) is 3.85. The fraction of sp³-hybridized carbons (Fsp3) is 0.263. The molecule has 0 bridgehead atoms. The zero-order chi connectivity index (χ0) is 18.6. The summed E-state index contributed by atoms with van der Waals surface area (Å²) in [5.74, 6) is -0.514. The third kappa shape index (κ3) is 5.00. The van der Waals surface area contributed by atoms with Gasteiger partial charge >= 0.3 is 6.03 Å². The summed E-state index contributed by atoms with van der Waals surface area (Å²) in [7, 11) is 0. The molecule has 2 aromatic carbocycles. The molecule has 0 spiro atoms. The number of carbonyl (C=O) groups is 2. The molecule has 2 rings (SSSR count). The van der Waals surface area contributed by atoms with E-state index in [1.54, 1.807) is 24.3 Å². The smallest absolute Gasteiger partial charge is 0.332 e. The Morgan fingerprint density at radius 3 is 2.08 bits per heavy atom. The first-order chi connectivity index (χ1) is 11.7. The third-order valence-corrected chi connectivity index (χ3v) is 4.27. The molecule has 0 aliphatic heterocycles. The highest BCUT2D eigenvalue weighted by Crippen LogP contribution is 2.22. The first kappa shape index (κ1) is 18.9. The van der Waals surface area contributed by atoms with Crippen molar-refractivity contribution >= 4 is 30.4 Å². The molecule has 0 aliphatic rings. The summed E-state index contributed by atoms with van der Waals surface area (Å²) in [4.78, 5) is 23.3. The van der Waals surface area contributed by atoms with E-state index in [-0.39, 0.29) is 11.4 Å². The fourth-order valence-electron chi connectivity index (χ4n) is 2.26. The van der Waals surface area contributed by atoms with Crippen LogP contribution in [0.25, 0.3) is 0 Å². The summed E-state index contributed by atoms with van der Waals surface area (Å²) < 4.78 is 1.19. The van der Waals surface area contributed by atoms with Crippen molar-refractivity contribution in [3.63, 3.8) is 0 Å². The van der Waals surface area contributed by atoms with Crippen molar-refractivity contribution < 1.29 is 9.59 Å². The van der Waals surface area contributed by atoms with Gasteiger partial charge in [-0.05, 0) is 40.8 Å². The summed E-state index contributed by atoms with van der Waals surface area (Å²) in [6, 6.07) is 14.1. The van der Waals surface area contributed by atoms with E-state index in [9.17, 15) is 9.59 Å². The Bertz CT molecular complexity index is 750. The number of nitrogens with zero attached hydrogens (tertiary/aromatic N) is 1. The number of urea groups is 1. The van der Waals surface area contributed by atoms with Crippen LogP contribution in [-0.4, -0.2) is 11.9 Å². The Kier molecular flexibility index (Phi) is 5.74. The second-order valence-electron chi connectivity index (χ2n) is 6.83. The second-order valence-corrected chi connectivity index (χ2v) is 7.23. The maximum Gasteiger partial charge on any atom is 0.332 e. The lowest BCUT2D eigenvalue weighted by Crippen LogP contribution is -2.33. The summed E-state index contributed by atoms with van der Waals surface area (Å²) >= 11 is 4.21. The summed E-state index contributed by atoms with van der Waals surface area (Å²) in [6.45, 7) is 6.88. The van der Waals surface area contributed by atoms with Crippen molar-refractivity contribution in [1.82, 2.24) is 5.32 Å². The first-order valence-electron chi connectivity index (χ1n) is 7.94. The maximum atomic E-state index is 12.2. The Hall–Kier alpha value is -2.47. The molecule has 0 fully saturated rings. The van der Waals surface area contributed by atoms with E-state index in [0.29, 0.717) is 17.8 Å². The molecule has 0 saturated carbocycles. The van der Waals surface area contributed by atoms with E-state index in [1.165, 1.54) is 9.87 Å². The Morgan fingerprint density at radius 2 is 1.60 bits per heavy atom. The number of anilines is 1. The molecule has 0 atom stereocenters. The van der Waals surface area contributed by atoms with Crippen LogP contribution in [0.1, 0.15) is 42.3 Å². The van der Waals surface area contributed by atoms with Crippen LogP contribution in [0.15, 0.2) is 48.5 Å². The molecule has 0 heterocycles. The minimum atomic E-state index is -0.514. The van der Waals surface area contributed by atoms with Crippen LogP contribution in [0.2, 0.25) is 0 Å². The molecule has 25 heavy (non-hydrogen) atoms. The predicted octanol–water partition coefficient (Wildman–Crippen LogP) is 3.64. The van der Waals surface area contributed by atoms with Crippen molar-refractivity contribution in [1.29, 1.82) is 0 Å². The number of benzene rings is 2. The molecule has 0 radical (unpaired) electrons. The van der Waals surface area contributed by atoms with Gasteiger partial charge < -0.3 is 11.1 Å². The SMILES string of the molecule is CC(C)(C)c1ccc(CNC(=O)N(S)c2ccc(C(N)=O)cc2)cc1. The second kappa shape index (κ2) is 7.61. The van der Waals surface area contributed by atoms with Gasteiger partial charge in [-0.3, -0.25) is 4.79 Å². The van der Waals surface area contributed by atoms with Crippen LogP contribution in [0, 0.1) is 0 Å². The number of thiol groups is 1. The number of carbonyl (C=O) groups excluding carboxylic acids is 2. The zero-order valence-corrected chi connectivity index (χ0v) is 15.5. The molecule has 132 valence electrons. The molecule has 0 saturated heterocycles. The molecule has 5 nitrogen and oxygen atoms in total. The number of hydrogen-bond acceptors (Lipinski definition) is 3. The van der Waals surface area contributed by atoms with Crippen molar-refractivity contribution in [2.24, 2.45) is 5.73 Å². The van der Waals surface area contributed by atoms with Crippen LogP contribution in [0.3, 0.4) is 0 Å². The van der Waals surface area contributed by atoms with Gasteiger partial charge in [-0.25, -0.2) is 9.10 Å². The first-order valence-corrected chi connectivity index (χ1v) is 8.34. The van der Waals surface area contributed by atoms with E-state index in [1.807, 2.05) is 12.1 Å². The number of nitrogens with two attached hydrogens (primary N) is 1. The Morgan fingerprint density at radius 1 is 1.04 bits per heavy atom. The molecule has 0 aliphatic carbocycles. The lowest BCUT2D eigenvalue weighted by Gasteiger charge is -2.20. The molecule has 2 aromatic rings. The maximum absolute atomic E-state index is 12.2. The van der Waals surface area contributed by atoms with E-state index >= 15 is 0 Å². The number of rotatable bonds is 4. The lowest BCUT2D eigenvalue weighted by molar-refractivity contribution is 0.100. The highest BCUT2D eigenvalue weighted by atomic mass is 32.1. The van der Waals surface area contributed by atoms with Gasteiger partial charge in [0.15, 0.2) is 0 Å². The van der Waals surface area contributed by atoms with Gasteiger partial charge in [-0.1, -0.05) is 57.9 Å². The molecular formula is C19H23N3O2S. The van der Waals surface area contributed by atoms with Gasteiger partial charge in [-0.2, -0.15) is 0 Å². The van der Waals surface area contributed by atoms with Crippen molar-refractivity contribution in [3.8, 4) is 0 Å². The quantitative estimate of drug-likeness (QED) is 0.731. The molecular weight excluding hydrogens is 334 g/mol. The standard InChI is InChI=1S/C19H23N3O2S/c1-19(2,3)15-8-4-13(5-9-15)12-21-18(24)22(25)16-10-6-14(7-11-16)17(20)23/h4-11,25H,12H2,1-3H3,(H2,20,23)(H,21,24). The number of amides is 3. The Balaban J connectivity index is 1.96.